The van der Waals surface area contributed by atoms with Crippen LogP contribution in [-0.2, 0) is 9.47 Å². The SMILES string of the molecule is COCC(N)C1(O)CCOCC1. The zero-order valence-corrected chi connectivity index (χ0v) is 7.45. The summed E-state index contributed by atoms with van der Waals surface area (Å²) in [6.07, 6.45) is 1.22. The van der Waals surface area contributed by atoms with Gasteiger partial charge in [0.2, 0.25) is 0 Å². The molecule has 0 aromatic heterocycles. The molecule has 0 aromatic carbocycles. The number of rotatable bonds is 3. The molecule has 1 aliphatic heterocycles. The van der Waals surface area contributed by atoms with E-state index in [0.717, 1.165) is 0 Å². The second kappa shape index (κ2) is 4.18. The molecule has 1 atom stereocenters. The van der Waals surface area contributed by atoms with E-state index in [0.29, 0.717) is 32.7 Å². The molecule has 4 nitrogen and oxygen atoms in total. The van der Waals surface area contributed by atoms with E-state index in [1.807, 2.05) is 0 Å². The third-order valence-electron chi connectivity index (χ3n) is 2.40. The van der Waals surface area contributed by atoms with E-state index in [9.17, 15) is 5.11 Å². The van der Waals surface area contributed by atoms with Crippen molar-refractivity contribution in [3.05, 3.63) is 0 Å². The van der Waals surface area contributed by atoms with Gasteiger partial charge in [-0.05, 0) is 0 Å². The van der Waals surface area contributed by atoms with E-state index in [-0.39, 0.29) is 6.04 Å². The molecule has 1 aliphatic rings. The van der Waals surface area contributed by atoms with Crippen LogP contribution in [0, 0.1) is 0 Å². The zero-order valence-electron chi connectivity index (χ0n) is 7.45. The quantitative estimate of drug-likeness (QED) is 0.607. The molecular weight excluding hydrogens is 158 g/mol. The molecule has 3 N–H and O–H groups in total. The molecule has 4 heteroatoms. The van der Waals surface area contributed by atoms with Crippen LogP contribution >= 0.6 is 0 Å². The topological polar surface area (TPSA) is 64.7 Å². The smallest absolute Gasteiger partial charge is 0.0864 e. The van der Waals surface area contributed by atoms with E-state index in [1.54, 1.807) is 7.11 Å². The highest BCUT2D eigenvalue weighted by Crippen LogP contribution is 2.23. The van der Waals surface area contributed by atoms with Crippen molar-refractivity contribution in [1.82, 2.24) is 0 Å². The number of hydrogen-bond acceptors (Lipinski definition) is 4. The minimum absolute atomic E-state index is 0.300. The monoisotopic (exact) mass is 175 g/mol. The van der Waals surface area contributed by atoms with Crippen LogP contribution in [0.1, 0.15) is 12.8 Å². The number of nitrogens with two attached hydrogens (primary N) is 1. The predicted molar refractivity (Wildman–Crippen MR) is 44.9 cm³/mol. The summed E-state index contributed by atoms with van der Waals surface area (Å²) in [5, 5.41) is 9.99. The molecule has 1 saturated heterocycles. The molecule has 0 aromatic rings. The third kappa shape index (κ3) is 2.17. The van der Waals surface area contributed by atoms with E-state index in [1.165, 1.54) is 0 Å². The van der Waals surface area contributed by atoms with E-state index in [2.05, 4.69) is 0 Å². The van der Waals surface area contributed by atoms with Crippen LogP contribution in [0.5, 0.6) is 0 Å². The molecule has 0 bridgehead atoms. The van der Waals surface area contributed by atoms with Crippen LogP contribution in [0.2, 0.25) is 0 Å². The van der Waals surface area contributed by atoms with Crippen LogP contribution < -0.4 is 5.73 Å². The summed E-state index contributed by atoms with van der Waals surface area (Å²) in [7, 11) is 1.59. The van der Waals surface area contributed by atoms with Gasteiger partial charge in [-0.15, -0.1) is 0 Å². The fraction of sp³-hybridized carbons (Fsp3) is 1.00. The van der Waals surface area contributed by atoms with Gasteiger partial charge in [0.15, 0.2) is 0 Å². The van der Waals surface area contributed by atoms with Crippen LogP contribution in [0.15, 0.2) is 0 Å². The Morgan fingerprint density at radius 3 is 2.67 bits per heavy atom. The first-order valence-corrected chi connectivity index (χ1v) is 4.24. The van der Waals surface area contributed by atoms with Crippen LogP contribution in [0.25, 0.3) is 0 Å². The van der Waals surface area contributed by atoms with E-state index >= 15 is 0 Å². The average molecular weight is 175 g/mol. The first kappa shape index (κ1) is 9.92. The molecule has 0 radical (unpaired) electrons. The van der Waals surface area contributed by atoms with Gasteiger partial charge in [0.25, 0.3) is 0 Å². The predicted octanol–water partition coefficient (Wildman–Crippen LogP) is -0.498. The Hall–Kier alpha value is -0.160. The summed E-state index contributed by atoms with van der Waals surface area (Å²) in [6.45, 7) is 1.58. The molecule has 0 amide bonds. The van der Waals surface area contributed by atoms with Gasteiger partial charge in [-0.3, -0.25) is 0 Å². The van der Waals surface area contributed by atoms with Crippen molar-refractivity contribution in [2.45, 2.75) is 24.5 Å². The zero-order chi connectivity index (χ0) is 9.03. The van der Waals surface area contributed by atoms with Crippen molar-refractivity contribution in [3.63, 3.8) is 0 Å². The molecule has 0 saturated carbocycles. The fourth-order valence-electron chi connectivity index (χ4n) is 1.43. The third-order valence-corrected chi connectivity index (χ3v) is 2.40. The van der Waals surface area contributed by atoms with Crippen molar-refractivity contribution in [3.8, 4) is 0 Å². The Morgan fingerprint density at radius 2 is 2.17 bits per heavy atom. The highest BCUT2D eigenvalue weighted by atomic mass is 16.5. The standard InChI is InChI=1S/C8H17NO3/c1-11-6-7(9)8(10)2-4-12-5-3-8/h7,10H,2-6,9H2,1H3. The lowest BCUT2D eigenvalue weighted by molar-refractivity contribution is -0.0886. The normalized spacial score (nSPS) is 25.2. The molecule has 12 heavy (non-hydrogen) atoms. The van der Waals surface area contributed by atoms with Crippen molar-refractivity contribution < 1.29 is 14.6 Å². The number of ether oxygens (including phenoxy) is 2. The Morgan fingerprint density at radius 1 is 1.58 bits per heavy atom. The Kier molecular flexibility index (Phi) is 3.46. The summed E-state index contributed by atoms with van der Waals surface area (Å²) >= 11 is 0. The van der Waals surface area contributed by atoms with Crippen LogP contribution in [-0.4, -0.2) is 43.7 Å². The second-order valence-electron chi connectivity index (χ2n) is 3.28. The highest BCUT2D eigenvalue weighted by molar-refractivity contribution is 4.91. The van der Waals surface area contributed by atoms with E-state index < -0.39 is 5.60 Å². The van der Waals surface area contributed by atoms with Crippen molar-refractivity contribution in [2.75, 3.05) is 26.9 Å². The number of methoxy groups -OCH3 is 1. The Bertz CT molecular complexity index is 134. The lowest BCUT2D eigenvalue weighted by Crippen LogP contribution is -2.53. The lowest BCUT2D eigenvalue weighted by atomic mass is 9.87. The van der Waals surface area contributed by atoms with Crippen molar-refractivity contribution in [2.24, 2.45) is 5.73 Å². The van der Waals surface area contributed by atoms with Gasteiger partial charge in [0.05, 0.1) is 18.2 Å². The largest absolute Gasteiger partial charge is 0.388 e. The molecule has 1 unspecified atom stereocenters. The fourth-order valence-corrected chi connectivity index (χ4v) is 1.43. The number of aliphatic hydroxyl groups is 1. The summed E-state index contributed by atoms with van der Waals surface area (Å²) in [5.74, 6) is 0. The van der Waals surface area contributed by atoms with Crippen molar-refractivity contribution >= 4 is 0 Å². The van der Waals surface area contributed by atoms with Crippen LogP contribution in [0.3, 0.4) is 0 Å². The van der Waals surface area contributed by atoms with Gasteiger partial charge in [0.1, 0.15) is 0 Å². The van der Waals surface area contributed by atoms with Gasteiger partial charge >= 0.3 is 0 Å². The van der Waals surface area contributed by atoms with Gasteiger partial charge < -0.3 is 20.3 Å². The van der Waals surface area contributed by atoms with Gasteiger partial charge in [0, 0.05) is 33.2 Å². The molecule has 1 heterocycles. The minimum atomic E-state index is -0.783. The molecular formula is C8H17NO3. The first-order valence-electron chi connectivity index (χ1n) is 4.24. The Labute approximate surface area is 72.6 Å². The molecule has 0 spiro atoms. The highest BCUT2D eigenvalue weighted by Gasteiger charge is 2.35. The van der Waals surface area contributed by atoms with Gasteiger partial charge in [-0.1, -0.05) is 0 Å². The second-order valence-corrected chi connectivity index (χ2v) is 3.28. The van der Waals surface area contributed by atoms with Crippen LogP contribution in [0.4, 0.5) is 0 Å². The van der Waals surface area contributed by atoms with Gasteiger partial charge in [-0.2, -0.15) is 0 Å². The summed E-state index contributed by atoms with van der Waals surface area (Å²) in [6, 6.07) is -0.300. The van der Waals surface area contributed by atoms with Gasteiger partial charge in [-0.25, -0.2) is 0 Å². The van der Waals surface area contributed by atoms with Crippen molar-refractivity contribution in [1.29, 1.82) is 0 Å². The Balaban J connectivity index is 2.44. The average Bonchev–Trinajstić information content (AvgIpc) is 2.06. The lowest BCUT2D eigenvalue weighted by Gasteiger charge is -2.36. The molecule has 1 fully saturated rings. The minimum Gasteiger partial charge on any atom is -0.388 e. The summed E-state index contributed by atoms with van der Waals surface area (Å²) < 4.78 is 10.0. The molecule has 1 rings (SSSR count). The molecule has 0 aliphatic carbocycles. The summed E-state index contributed by atoms with van der Waals surface area (Å²) in [4.78, 5) is 0. The maximum Gasteiger partial charge on any atom is 0.0864 e. The number of hydrogen-bond donors (Lipinski definition) is 2. The maximum absolute atomic E-state index is 9.99. The molecule has 72 valence electrons. The summed E-state index contributed by atoms with van der Waals surface area (Å²) in [5.41, 5.74) is 4.98. The van der Waals surface area contributed by atoms with E-state index in [4.69, 9.17) is 15.2 Å². The first-order chi connectivity index (χ1) is 5.69. The maximum atomic E-state index is 9.99.